The third kappa shape index (κ3) is 6.94. The normalized spacial score (nSPS) is 13.6. The molecular formula is C33H29FN4O5. The molecule has 0 saturated carbocycles. The molecule has 43 heavy (non-hydrogen) atoms. The first kappa shape index (κ1) is 28.2. The number of aromatic nitrogens is 2. The molecule has 10 heteroatoms. The summed E-state index contributed by atoms with van der Waals surface area (Å²) >= 11 is 0. The number of hydrogen-bond donors (Lipinski definition) is 0. The lowest BCUT2D eigenvalue weighted by molar-refractivity contribution is -0.384. The van der Waals surface area contributed by atoms with Crippen LogP contribution in [0.1, 0.15) is 5.56 Å². The Balaban J connectivity index is 1.26. The Bertz CT molecular complexity index is 1740. The lowest BCUT2D eigenvalue weighted by Crippen LogP contribution is -2.38. The van der Waals surface area contributed by atoms with Gasteiger partial charge in [0.2, 0.25) is 5.88 Å². The highest BCUT2D eigenvalue weighted by Gasteiger charge is 2.14. The molecular weight excluding hydrogens is 551 g/mol. The average molecular weight is 581 g/mol. The van der Waals surface area contributed by atoms with Gasteiger partial charge in [-0.05, 0) is 47.2 Å². The minimum absolute atomic E-state index is 0.0190. The number of benzene rings is 4. The van der Waals surface area contributed by atoms with Gasteiger partial charge < -0.3 is 14.2 Å². The lowest BCUT2D eigenvalue weighted by Gasteiger charge is -2.26. The Morgan fingerprint density at radius 1 is 0.860 bits per heavy atom. The fourth-order valence-corrected chi connectivity index (χ4v) is 4.87. The van der Waals surface area contributed by atoms with E-state index in [1.54, 1.807) is 36.4 Å². The molecule has 0 unspecified atom stereocenters. The van der Waals surface area contributed by atoms with Crippen LogP contribution < -0.4 is 9.47 Å². The van der Waals surface area contributed by atoms with E-state index in [4.69, 9.17) is 19.2 Å². The van der Waals surface area contributed by atoms with Crippen LogP contribution in [0.15, 0.2) is 91.0 Å². The van der Waals surface area contributed by atoms with Gasteiger partial charge in [-0.15, -0.1) is 0 Å². The molecule has 5 aromatic rings. The minimum atomic E-state index is -0.451. The first-order valence-corrected chi connectivity index (χ1v) is 14.0. The molecule has 0 bridgehead atoms. The van der Waals surface area contributed by atoms with Crippen molar-refractivity contribution < 1.29 is 23.5 Å². The summed E-state index contributed by atoms with van der Waals surface area (Å²) in [7, 11) is 0. The fraction of sp³-hybridized carbons (Fsp3) is 0.212. The maximum Gasteiger partial charge on any atom is 0.269 e. The number of ether oxygens (including phenoxy) is 3. The fourth-order valence-electron chi connectivity index (χ4n) is 4.87. The van der Waals surface area contributed by atoms with Gasteiger partial charge in [0.05, 0.1) is 23.8 Å². The molecule has 0 aliphatic carbocycles. The molecule has 218 valence electrons. The van der Waals surface area contributed by atoms with Crippen molar-refractivity contribution >= 4 is 16.5 Å². The van der Waals surface area contributed by atoms with Gasteiger partial charge in [0.15, 0.2) is 5.82 Å². The highest BCUT2D eigenvalue weighted by atomic mass is 19.1. The van der Waals surface area contributed by atoms with Gasteiger partial charge in [-0.25, -0.2) is 9.37 Å². The first-order chi connectivity index (χ1) is 21.0. The number of non-ortho nitro benzene ring substituents is 1. The van der Waals surface area contributed by atoms with Gasteiger partial charge in [-0.2, -0.15) is 4.98 Å². The maximum absolute atomic E-state index is 14.2. The van der Waals surface area contributed by atoms with Crippen LogP contribution in [0, 0.1) is 15.9 Å². The van der Waals surface area contributed by atoms with Crippen molar-refractivity contribution in [3.8, 4) is 34.3 Å². The van der Waals surface area contributed by atoms with E-state index in [2.05, 4.69) is 9.88 Å². The Kier molecular flexibility index (Phi) is 8.48. The van der Waals surface area contributed by atoms with E-state index < -0.39 is 4.92 Å². The number of hydrogen-bond acceptors (Lipinski definition) is 8. The van der Waals surface area contributed by atoms with Gasteiger partial charge in [0.1, 0.15) is 24.8 Å². The summed E-state index contributed by atoms with van der Waals surface area (Å²) in [5.41, 5.74) is 2.31. The van der Waals surface area contributed by atoms with Crippen molar-refractivity contribution in [2.24, 2.45) is 0 Å². The van der Waals surface area contributed by atoms with Gasteiger partial charge >= 0.3 is 0 Å². The zero-order valence-electron chi connectivity index (χ0n) is 23.3. The van der Waals surface area contributed by atoms with E-state index in [-0.39, 0.29) is 24.0 Å². The molecule has 6 rings (SSSR count). The third-order valence-electron chi connectivity index (χ3n) is 7.26. The Labute approximate surface area is 247 Å². The van der Waals surface area contributed by atoms with E-state index in [0.29, 0.717) is 29.3 Å². The molecule has 1 aliphatic rings. The van der Waals surface area contributed by atoms with Crippen LogP contribution in [0.5, 0.6) is 11.6 Å². The smallest absolute Gasteiger partial charge is 0.269 e. The molecule has 0 N–H and O–H groups in total. The van der Waals surface area contributed by atoms with Crippen molar-refractivity contribution in [1.82, 2.24) is 14.9 Å². The Morgan fingerprint density at radius 3 is 2.40 bits per heavy atom. The van der Waals surface area contributed by atoms with Crippen LogP contribution in [-0.4, -0.2) is 59.2 Å². The summed E-state index contributed by atoms with van der Waals surface area (Å²) in [5.74, 6) is 1.10. The van der Waals surface area contributed by atoms with Gasteiger partial charge in [0.25, 0.3) is 5.69 Å². The zero-order chi connectivity index (χ0) is 29.6. The van der Waals surface area contributed by atoms with Crippen molar-refractivity contribution in [1.29, 1.82) is 0 Å². The van der Waals surface area contributed by atoms with Crippen LogP contribution in [0.3, 0.4) is 0 Å². The minimum Gasteiger partial charge on any atom is -0.492 e. The largest absolute Gasteiger partial charge is 0.492 e. The summed E-state index contributed by atoms with van der Waals surface area (Å²) in [6.45, 7) is 4.80. The molecule has 0 radical (unpaired) electrons. The highest BCUT2D eigenvalue weighted by molar-refractivity contribution is 5.87. The number of nitro groups is 1. The molecule has 1 aliphatic heterocycles. The first-order valence-electron chi connectivity index (χ1n) is 14.0. The monoisotopic (exact) mass is 580 g/mol. The van der Waals surface area contributed by atoms with Gasteiger partial charge in [0, 0.05) is 54.5 Å². The topological polar surface area (TPSA) is 99.9 Å². The Morgan fingerprint density at radius 2 is 1.60 bits per heavy atom. The van der Waals surface area contributed by atoms with Crippen LogP contribution in [0.2, 0.25) is 0 Å². The standard InChI is InChI=1S/C33H29FN4O5/c34-30-4-2-1-3-27(30)22-43-32-21-31(23-7-10-28(11-8-23)38(39)40)35-33(36-32)26-6-5-25-20-29(12-9-24(25)19-26)42-18-15-37-13-16-41-17-14-37/h1-12,19-21H,13-18,22H2. The van der Waals surface area contributed by atoms with E-state index in [1.165, 1.54) is 18.2 Å². The lowest BCUT2D eigenvalue weighted by atomic mass is 10.1. The number of halogens is 1. The molecule has 1 fully saturated rings. The number of fused-ring (bicyclic) bond motifs is 1. The zero-order valence-corrected chi connectivity index (χ0v) is 23.3. The second kappa shape index (κ2) is 12.9. The van der Waals surface area contributed by atoms with Crippen molar-refractivity contribution in [3.63, 3.8) is 0 Å². The summed E-state index contributed by atoms with van der Waals surface area (Å²) in [5, 5.41) is 13.1. The second-order valence-corrected chi connectivity index (χ2v) is 10.1. The molecule has 0 atom stereocenters. The highest BCUT2D eigenvalue weighted by Crippen LogP contribution is 2.30. The summed E-state index contributed by atoms with van der Waals surface area (Å²) < 4.78 is 31.6. The summed E-state index contributed by atoms with van der Waals surface area (Å²) in [6, 6.07) is 26.0. The Hall–Kier alpha value is -4.93. The van der Waals surface area contributed by atoms with Crippen molar-refractivity contribution in [2.75, 3.05) is 39.5 Å². The van der Waals surface area contributed by atoms with E-state index >= 15 is 0 Å². The van der Waals surface area contributed by atoms with Crippen LogP contribution in [-0.2, 0) is 11.3 Å². The van der Waals surface area contributed by atoms with Crippen LogP contribution in [0.25, 0.3) is 33.4 Å². The molecule has 0 amide bonds. The second-order valence-electron chi connectivity index (χ2n) is 10.1. The maximum atomic E-state index is 14.2. The number of nitro benzene ring substituents is 1. The van der Waals surface area contributed by atoms with E-state index in [0.717, 1.165) is 54.9 Å². The summed E-state index contributed by atoms with van der Waals surface area (Å²) in [4.78, 5) is 22.4. The molecule has 0 spiro atoms. The molecule has 4 aromatic carbocycles. The number of nitrogens with zero attached hydrogens (tertiary/aromatic N) is 4. The van der Waals surface area contributed by atoms with E-state index in [1.807, 2.05) is 36.4 Å². The van der Waals surface area contributed by atoms with E-state index in [9.17, 15) is 14.5 Å². The molecule has 9 nitrogen and oxygen atoms in total. The average Bonchev–Trinajstić information content (AvgIpc) is 3.04. The van der Waals surface area contributed by atoms with Crippen LogP contribution >= 0.6 is 0 Å². The predicted molar refractivity (Wildman–Crippen MR) is 161 cm³/mol. The molecule has 1 aromatic heterocycles. The van der Waals surface area contributed by atoms with Crippen LogP contribution in [0.4, 0.5) is 10.1 Å². The number of rotatable bonds is 10. The van der Waals surface area contributed by atoms with Crippen molar-refractivity contribution in [2.45, 2.75) is 6.61 Å². The summed E-state index contributed by atoms with van der Waals surface area (Å²) in [6.07, 6.45) is 0. The number of morpholine rings is 1. The molecule has 2 heterocycles. The quantitative estimate of drug-likeness (QED) is 0.140. The van der Waals surface area contributed by atoms with Crippen molar-refractivity contribution in [3.05, 3.63) is 112 Å². The van der Waals surface area contributed by atoms with Gasteiger partial charge in [-0.3, -0.25) is 15.0 Å². The molecule has 1 saturated heterocycles. The van der Waals surface area contributed by atoms with Gasteiger partial charge in [-0.1, -0.05) is 36.4 Å². The SMILES string of the molecule is O=[N+]([O-])c1ccc(-c2cc(OCc3ccccc3F)nc(-c3ccc4cc(OCCN5CCOCC5)ccc4c3)n2)cc1. The predicted octanol–water partition coefficient (Wildman–Crippen LogP) is 6.30. The third-order valence-corrected chi connectivity index (χ3v) is 7.26.